The Morgan fingerprint density at radius 2 is 1.96 bits per heavy atom. The number of anilines is 1. The van der Waals surface area contributed by atoms with Crippen LogP contribution in [0.3, 0.4) is 0 Å². The highest BCUT2D eigenvalue weighted by molar-refractivity contribution is 9.10. The van der Waals surface area contributed by atoms with Gasteiger partial charge < -0.3 is 10.1 Å². The molecule has 0 spiro atoms. The molecule has 1 fully saturated rings. The Morgan fingerprint density at radius 1 is 1.22 bits per heavy atom. The molecule has 3 rings (SSSR count). The molecule has 5 heteroatoms. The van der Waals surface area contributed by atoms with E-state index in [1.54, 1.807) is 6.20 Å². The Kier molecular flexibility index (Phi) is 5.65. The summed E-state index contributed by atoms with van der Waals surface area (Å²) in [6.07, 6.45) is 3.65. The number of nitrogens with one attached hydrogen (secondary N) is 1. The topological polar surface area (TPSA) is 37.4 Å². The van der Waals surface area contributed by atoms with Crippen molar-refractivity contribution in [3.63, 3.8) is 0 Å². The Hall–Kier alpha value is -1.43. The van der Waals surface area contributed by atoms with Crippen LogP contribution in [0, 0.1) is 6.92 Å². The number of hydrogen-bond donors (Lipinski definition) is 1. The summed E-state index contributed by atoms with van der Waals surface area (Å²) in [5, 5.41) is 3.52. The first-order chi connectivity index (χ1) is 11.2. The van der Waals surface area contributed by atoms with Crippen molar-refractivity contribution in [1.29, 1.82) is 0 Å². The molecule has 0 saturated carbocycles. The van der Waals surface area contributed by atoms with Gasteiger partial charge in [-0.25, -0.2) is 0 Å². The molecule has 2 aromatic rings. The molecule has 0 aliphatic carbocycles. The molecule has 1 saturated heterocycles. The van der Waals surface area contributed by atoms with Crippen molar-refractivity contribution in [3.8, 4) is 0 Å². The zero-order valence-electron chi connectivity index (χ0n) is 13.3. The Balaban J connectivity index is 1.75. The summed E-state index contributed by atoms with van der Waals surface area (Å²) in [6.45, 7) is 6.52. The fourth-order valence-electron chi connectivity index (χ4n) is 2.86. The molecule has 2 heterocycles. The highest BCUT2D eigenvalue weighted by Crippen LogP contribution is 2.23. The molecule has 1 aromatic carbocycles. The number of halogens is 1. The number of aromatic nitrogens is 1. The van der Waals surface area contributed by atoms with Crippen LogP contribution in [0.5, 0.6) is 0 Å². The Morgan fingerprint density at radius 3 is 2.65 bits per heavy atom. The van der Waals surface area contributed by atoms with Gasteiger partial charge in [-0.1, -0.05) is 29.8 Å². The van der Waals surface area contributed by atoms with Crippen LogP contribution in [0.15, 0.2) is 47.2 Å². The summed E-state index contributed by atoms with van der Waals surface area (Å²) in [7, 11) is 0. The van der Waals surface area contributed by atoms with Gasteiger partial charge in [-0.05, 0) is 34.5 Å². The SMILES string of the molecule is Cc1ccc(C(CNc2cncc(Br)c2)N2CCOCC2)cc1. The first kappa shape index (κ1) is 16.4. The quantitative estimate of drug-likeness (QED) is 0.865. The van der Waals surface area contributed by atoms with E-state index in [9.17, 15) is 0 Å². The van der Waals surface area contributed by atoms with Crippen molar-refractivity contribution in [1.82, 2.24) is 9.88 Å². The number of aryl methyl sites for hydroxylation is 1. The number of pyridine rings is 1. The number of rotatable bonds is 5. The predicted octanol–water partition coefficient (Wildman–Crippen LogP) is 3.64. The smallest absolute Gasteiger partial charge is 0.0594 e. The number of ether oxygens (including phenoxy) is 1. The third-order valence-corrected chi connectivity index (χ3v) is 4.59. The lowest BCUT2D eigenvalue weighted by molar-refractivity contribution is 0.0187. The third kappa shape index (κ3) is 4.53. The maximum atomic E-state index is 5.51. The maximum Gasteiger partial charge on any atom is 0.0594 e. The number of nitrogens with zero attached hydrogens (tertiary/aromatic N) is 2. The first-order valence-corrected chi connectivity index (χ1v) is 8.74. The van der Waals surface area contributed by atoms with Crippen LogP contribution in [-0.4, -0.2) is 42.7 Å². The van der Waals surface area contributed by atoms with E-state index in [1.807, 2.05) is 6.20 Å². The van der Waals surface area contributed by atoms with Gasteiger partial charge in [-0.3, -0.25) is 9.88 Å². The molecule has 1 unspecified atom stereocenters. The largest absolute Gasteiger partial charge is 0.382 e. The summed E-state index contributed by atoms with van der Waals surface area (Å²) in [5.74, 6) is 0. The molecule has 0 bridgehead atoms. The van der Waals surface area contributed by atoms with Crippen LogP contribution in [0.1, 0.15) is 17.2 Å². The van der Waals surface area contributed by atoms with Crippen LogP contribution in [0.4, 0.5) is 5.69 Å². The molecular formula is C18H22BrN3O. The predicted molar refractivity (Wildman–Crippen MR) is 96.7 cm³/mol. The van der Waals surface area contributed by atoms with Gasteiger partial charge in [0.15, 0.2) is 0 Å². The van der Waals surface area contributed by atoms with E-state index in [2.05, 4.69) is 68.4 Å². The van der Waals surface area contributed by atoms with Crippen molar-refractivity contribution in [2.24, 2.45) is 0 Å². The lowest BCUT2D eigenvalue weighted by Gasteiger charge is -2.35. The Labute approximate surface area is 146 Å². The van der Waals surface area contributed by atoms with E-state index in [1.165, 1.54) is 11.1 Å². The van der Waals surface area contributed by atoms with Gasteiger partial charge in [0.1, 0.15) is 0 Å². The lowest BCUT2D eigenvalue weighted by atomic mass is 10.0. The Bertz CT molecular complexity index is 626. The van der Waals surface area contributed by atoms with Crippen LogP contribution >= 0.6 is 15.9 Å². The lowest BCUT2D eigenvalue weighted by Crippen LogP contribution is -2.41. The van der Waals surface area contributed by atoms with E-state index in [0.717, 1.165) is 43.0 Å². The number of benzene rings is 1. The summed E-state index contributed by atoms with van der Waals surface area (Å²) in [6, 6.07) is 11.2. The molecule has 0 radical (unpaired) electrons. The first-order valence-electron chi connectivity index (χ1n) is 7.95. The van der Waals surface area contributed by atoms with Crippen molar-refractivity contribution >= 4 is 21.6 Å². The van der Waals surface area contributed by atoms with Gasteiger partial charge in [-0.15, -0.1) is 0 Å². The molecular weight excluding hydrogens is 354 g/mol. The van der Waals surface area contributed by atoms with Gasteiger partial charge in [0.05, 0.1) is 31.1 Å². The normalized spacial score (nSPS) is 17.0. The molecule has 1 atom stereocenters. The third-order valence-electron chi connectivity index (χ3n) is 4.15. The number of hydrogen-bond acceptors (Lipinski definition) is 4. The fourth-order valence-corrected chi connectivity index (χ4v) is 3.22. The second kappa shape index (κ2) is 7.90. The average molecular weight is 376 g/mol. The van der Waals surface area contributed by atoms with Crippen molar-refractivity contribution in [2.75, 3.05) is 38.2 Å². The summed E-state index contributed by atoms with van der Waals surface area (Å²) in [5.41, 5.74) is 3.66. The van der Waals surface area contributed by atoms with E-state index in [0.29, 0.717) is 6.04 Å². The molecule has 4 nitrogen and oxygen atoms in total. The van der Waals surface area contributed by atoms with Crippen LogP contribution in [-0.2, 0) is 4.74 Å². The monoisotopic (exact) mass is 375 g/mol. The maximum absolute atomic E-state index is 5.51. The van der Waals surface area contributed by atoms with Crippen molar-refractivity contribution in [2.45, 2.75) is 13.0 Å². The van der Waals surface area contributed by atoms with E-state index < -0.39 is 0 Å². The highest BCUT2D eigenvalue weighted by Gasteiger charge is 2.22. The van der Waals surface area contributed by atoms with Crippen LogP contribution in [0.25, 0.3) is 0 Å². The second-order valence-electron chi connectivity index (χ2n) is 5.85. The van der Waals surface area contributed by atoms with Gasteiger partial charge >= 0.3 is 0 Å². The fraction of sp³-hybridized carbons (Fsp3) is 0.389. The minimum atomic E-state index is 0.332. The van der Waals surface area contributed by atoms with Gasteiger partial charge in [0.25, 0.3) is 0 Å². The standard InChI is InChI=1S/C18H22BrN3O/c1-14-2-4-15(5-3-14)18(22-6-8-23-9-7-22)13-21-17-10-16(19)11-20-12-17/h2-5,10-12,18,21H,6-9,13H2,1H3. The summed E-state index contributed by atoms with van der Waals surface area (Å²) in [4.78, 5) is 6.71. The zero-order chi connectivity index (χ0) is 16.1. The molecule has 1 aromatic heterocycles. The van der Waals surface area contributed by atoms with E-state index in [4.69, 9.17) is 4.74 Å². The van der Waals surface area contributed by atoms with E-state index >= 15 is 0 Å². The van der Waals surface area contributed by atoms with E-state index in [-0.39, 0.29) is 0 Å². The summed E-state index contributed by atoms with van der Waals surface area (Å²) >= 11 is 3.47. The van der Waals surface area contributed by atoms with Crippen molar-refractivity contribution in [3.05, 3.63) is 58.3 Å². The molecule has 23 heavy (non-hydrogen) atoms. The second-order valence-corrected chi connectivity index (χ2v) is 6.76. The minimum absolute atomic E-state index is 0.332. The van der Waals surface area contributed by atoms with Crippen LogP contribution < -0.4 is 5.32 Å². The zero-order valence-corrected chi connectivity index (χ0v) is 14.9. The molecule has 1 aliphatic heterocycles. The molecule has 1 N–H and O–H groups in total. The van der Waals surface area contributed by atoms with Gasteiger partial charge in [-0.2, -0.15) is 0 Å². The van der Waals surface area contributed by atoms with Gasteiger partial charge in [0.2, 0.25) is 0 Å². The molecule has 1 aliphatic rings. The molecule has 122 valence electrons. The van der Waals surface area contributed by atoms with Crippen molar-refractivity contribution < 1.29 is 4.74 Å². The average Bonchev–Trinajstić information content (AvgIpc) is 2.58. The molecule has 0 amide bonds. The van der Waals surface area contributed by atoms with Crippen LogP contribution in [0.2, 0.25) is 0 Å². The number of morpholine rings is 1. The van der Waals surface area contributed by atoms with Gasteiger partial charge in [0, 0.05) is 30.3 Å². The summed E-state index contributed by atoms with van der Waals surface area (Å²) < 4.78 is 6.49. The minimum Gasteiger partial charge on any atom is -0.382 e. The highest BCUT2D eigenvalue weighted by atomic mass is 79.9.